The third-order valence-electron chi connectivity index (χ3n) is 7.46. The van der Waals surface area contributed by atoms with Gasteiger partial charge >= 0.3 is 5.97 Å². The van der Waals surface area contributed by atoms with Crippen molar-refractivity contribution >= 4 is 5.97 Å². The van der Waals surface area contributed by atoms with E-state index in [4.69, 9.17) is 0 Å². The number of ether oxygens (including phenoxy) is 1. The second-order valence-electron chi connectivity index (χ2n) is 10.9. The molecule has 0 unspecified atom stereocenters. The Morgan fingerprint density at radius 1 is 0.382 bits per heavy atom. The van der Waals surface area contributed by atoms with Crippen molar-refractivity contribution in [2.75, 3.05) is 7.11 Å². The van der Waals surface area contributed by atoms with Crippen molar-refractivity contribution in [2.45, 2.75) is 193 Å². The van der Waals surface area contributed by atoms with Crippen molar-refractivity contribution < 1.29 is 9.53 Å². The molecule has 2 nitrogen and oxygen atoms in total. The Labute approximate surface area is 215 Å². The molecule has 0 radical (unpaired) electrons. The summed E-state index contributed by atoms with van der Waals surface area (Å²) in [4.78, 5) is 11.0. The van der Waals surface area contributed by atoms with Gasteiger partial charge in [-0.25, -0.2) is 0 Å². The molecule has 34 heavy (non-hydrogen) atoms. The second-order valence-corrected chi connectivity index (χ2v) is 10.9. The van der Waals surface area contributed by atoms with Crippen LogP contribution in [0.3, 0.4) is 0 Å². The molecule has 0 atom stereocenters. The summed E-state index contributed by atoms with van der Waals surface area (Å²) in [5, 5.41) is 0. The van der Waals surface area contributed by atoms with Gasteiger partial charge in [0.05, 0.1) is 7.11 Å². The van der Waals surface area contributed by atoms with Gasteiger partial charge in [-0.1, -0.05) is 180 Å². The van der Waals surface area contributed by atoms with Gasteiger partial charge in [-0.15, -0.1) is 0 Å². The summed E-state index contributed by atoms with van der Waals surface area (Å²) in [6, 6.07) is 0. The molecule has 0 N–H and O–H groups in total. The summed E-state index contributed by atoms with van der Waals surface area (Å²) >= 11 is 0. The van der Waals surface area contributed by atoms with Crippen LogP contribution in [-0.4, -0.2) is 13.1 Å². The standard InChI is InChI=1S/C32H64O2/c1-3-4-5-6-7-8-9-10-11-12-13-14-15-16-17-18-19-20-21-22-23-24-25-26-27-28-29-30-31-32(33)34-2/h3-31H2,1-2H3. The van der Waals surface area contributed by atoms with E-state index in [9.17, 15) is 4.79 Å². The lowest BCUT2D eigenvalue weighted by molar-refractivity contribution is -0.140. The number of carbonyl (C=O) groups excluding carboxylic acids is 1. The molecule has 0 aromatic rings. The minimum absolute atomic E-state index is 0.0604. The van der Waals surface area contributed by atoms with Crippen molar-refractivity contribution in [1.29, 1.82) is 0 Å². The molecule has 0 heterocycles. The number of hydrogen-bond donors (Lipinski definition) is 0. The highest BCUT2D eigenvalue weighted by Gasteiger charge is 1.99. The predicted octanol–water partition coefficient (Wildman–Crippen LogP) is 11.5. The molecule has 0 spiro atoms. The largest absolute Gasteiger partial charge is 0.469 e. The van der Waals surface area contributed by atoms with Crippen molar-refractivity contribution in [3.63, 3.8) is 0 Å². The molecule has 2 heteroatoms. The first kappa shape index (κ1) is 33.5. The second kappa shape index (κ2) is 30.5. The highest BCUT2D eigenvalue weighted by molar-refractivity contribution is 5.68. The minimum atomic E-state index is -0.0604. The maximum atomic E-state index is 11.0. The van der Waals surface area contributed by atoms with Gasteiger partial charge in [0.2, 0.25) is 0 Å². The van der Waals surface area contributed by atoms with Crippen LogP contribution in [0, 0.1) is 0 Å². The van der Waals surface area contributed by atoms with E-state index in [2.05, 4.69) is 11.7 Å². The number of hydrogen-bond acceptors (Lipinski definition) is 2. The van der Waals surface area contributed by atoms with E-state index in [-0.39, 0.29) is 5.97 Å². The first-order valence-electron chi connectivity index (χ1n) is 15.9. The van der Waals surface area contributed by atoms with Crippen molar-refractivity contribution in [3.05, 3.63) is 0 Å². The van der Waals surface area contributed by atoms with Gasteiger partial charge < -0.3 is 4.74 Å². The Morgan fingerprint density at radius 3 is 0.794 bits per heavy atom. The lowest BCUT2D eigenvalue weighted by Gasteiger charge is -2.04. The summed E-state index contributed by atoms with van der Waals surface area (Å²) in [7, 11) is 1.48. The quantitative estimate of drug-likeness (QED) is 0.0785. The smallest absolute Gasteiger partial charge is 0.305 e. The fourth-order valence-corrected chi connectivity index (χ4v) is 5.04. The monoisotopic (exact) mass is 480 g/mol. The minimum Gasteiger partial charge on any atom is -0.469 e. The van der Waals surface area contributed by atoms with Crippen LogP contribution >= 0.6 is 0 Å². The number of esters is 1. The van der Waals surface area contributed by atoms with Gasteiger partial charge in [-0.05, 0) is 6.42 Å². The summed E-state index contributed by atoms with van der Waals surface area (Å²) < 4.78 is 4.67. The van der Waals surface area contributed by atoms with Gasteiger partial charge in [0.15, 0.2) is 0 Å². The summed E-state index contributed by atoms with van der Waals surface area (Å²) in [6.07, 6.45) is 40.2. The maximum Gasteiger partial charge on any atom is 0.305 e. The Morgan fingerprint density at radius 2 is 0.588 bits per heavy atom. The Hall–Kier alpha value is -0.530. The van der Waals surface area contributed by atoms with E-state index in [0.29, 0.717) is 6.42 Å². The number of unbranched alkanes of at least 4 members (excludes halogenated alkanes) is 27. The fraction of sp³-hybridized carbons (Fsp3) is 0.969. The zero-order valence-electron chi connectivity index (χ0n) is 23.8. The molecule has 0 aromatic carbocycles. The van der Waals surface area contributed by atoms with E-state index in [1.165, 1.54) is 180 Å². The SMILES string of the molecule is CCCCCCCCCCCCCCCCCCCCCCCCCCCCCCC(=O)OC. The number of rotatable bonds is 29. The molecule has 0 fully saturated rings. The van der Waals surface area contributed by atoms with E-state index in [1.54, 1.807) is 0 Å². The lowest BCUT2D eigenvalue weighted by Crippen LogP contribution is -1.99. The molecule has 0 amide bonds. The van der Waals surface area contributed by atoms with Crippen LogP contribution in [0.4, 0.5) is 0 Å². The van der Waals surface area contributed by atoms with Crippen LogP contribution in [0.1, 0.15) is 193 Å². The van der Waals surface area contributed by atoms with E-state index < -0.39 is 0 Å². The average Bonchev–Trinajstić information content (AvgIpc) is 2.85. The maximum absolute atomic E-state index is 11.0. The molecule has 0 saturated heterocycles. The number of methoxy groups -OCH3 is 1. The Kier molecular flexibility index (Phi) is 30.0. The Bertz CT molecular complexity index is 379. The molecule has 0 bridgehead atoms. The first-order chi connectivity index (χ1) is 16.8. The van der Waals surface area contributed by atoms with Crippen molar-refractivity contribution in [3.8, 4) is 0 Å². The average molecular weight is 481 g/mol. The highest BCUT2D eigenvalue weighted by Crippen LogP contribution is 2.16. The normalized spacial score (nSPS) is 11.2. The molecule has 0 rings (SSSR count). The van der Waals surface area contributed by atoms with Crippen molar-refractivity contribution in [2.24, 2.45) is 0 Å². The van der Waals surface area contributed by atoms with Gasteiger partial charge in [0, 0.05) is 6.42 Å². The fourth-order valence-electron chi connectivity index (χ4n) is 5.04. The summed E-state index contributed by atoms with van der Waals surface area (Å²) in [5.74, 6) is -0.0604. The van der Waals surface area contributed by atoms with Crippen LogP contribution in [0.25, 0.3) is 0 Å². The van der Waals surface area contributed by atoms with Gasteiger partial charge in [-0.2, -0.15) is 0 Å². The topological polar surface area (TPSA) is 26.3 Å². The van der Waals surface area contributed by atoms with Gasteiger partial charge in [-0.3, -0.25) is 4.79 Å². The van der Waals surface area contributed by atoms with Crippen LogP contribution in [0.5, 0.6) is 0 Å². The summed E-state index contributed by atoms with van der Waals surface area (Å²) in [5.41, 5.74) is 0. The highest BCUT2D eigenvalue weighted by atomic mass is 16.5. The van der Waals surface area contributed by atoms with Crippen LogP contribution in [-0.2, 0) is 9.53 Å². The molecule has 0 saturated carbocycles. The van der Waals surface area contributed by atoms with E-state index in [0.717, 1.165) is 6.42 Å². The molecule has 0 aromatic heterocycles. The van der Waals surface area contributed by atoms with E-state index >= 15 is 0 Å². The van der Waals surface area contributed by atoms with Crippen LogP contribution in [0.15, 0.2) is 0 Å². The Balaban J connectivity index is 3.02. The molecular weight excluding hydrogens is 416 g/mol. The third kappa shape index (κ3) is 29.5. The van der Waals surface area contributed by atoms with Crippen LogP contribution < -0.4 is 0 Å². The predicted molar refractivity (Wildman–Crippen MR) is 152 cm³/mol. The van der Waals surface area contributed by atoms with Crippen molar-refractivity contribution in [1.82, 2.24) is 0 Å². The zero-order valence-corrected chi connectivity index (χ0v) is 23.8. The molecule has 0 aliphatic carbocycles. The molecule has 0 aliphatic rings. The molecular formula is C32H64O2. The summed E-state index contributed by atoms with van der Waals surface area (Å²) in [6.45, 7) is 2.30. The van der Waals surface area contributed by atoms with Gasteiger partial charge in [0.1, 0.15) is 0 Å². The van der Waals surface area contributed by atoms with E-state index in [1.807, 2.05) is 0 Å². The molecule has 0 aliphatic heterocycles. The lowest BCUT2D eigenvalue weighted by atomic mass is 10.0. The third-order valence-corrected chi connectivity index (χ3v) is 7.46. The zero-order chi connectivity index (χ0) is 24.8. The van der Waals surface area contributed by atoms with Crippen LogP contribution in [0.2, 0.25) is 0 Å². The molecule has 204 valence electrons. The first-order valence-corrected chi connectivity index (χ1v) is 15.9. The van der Waals surface area contributed by atoms with Gasteiger partial charge in [0.25, 0.3) is 0 Å². The number of carbonyl (C=O) groups is 1.